The molecule has 1 aromatic rings. The Morgan fingerprint density at radius 2 is 2.12 bits per heavy atom. The monoisotopic (exact) mass is 348 g/mol. The van der Waals surface area contributed by atoms with Gasteiger partial charge < -0.3 is 16.0 Å². The van der Waals surface area contributed by atoms with Crippen molar-refractivity contribution in [2.45, 2.75) is 45.2 Å². The lowest BCUT2D eigenvalue weighted by atomic mass is 10.0. The highest BCUT2D eigenvalue weighted by molar-refractivity contribution is 5.94. The molecule has 0 spiro atoms. The number of H-pyrrole nitrogens is 1. The van der Waals surface area contributed by atoms with Gasteiger partial charge in [0.1, 0.15) is 0 Å². The van der Waals surface area contributed by atoms with Crippen LogP contribution in [0.15, 0.2) is 0 Å². The van der Waals surface area contributed by atoms with E-state index in [0.29, 0.717) is 18.8 Å². The summed E-state index contributed by atoms with van der Waals surface area (Å²) in [4.78, 5) is 26.5. The van der Waals surface area contributed by atoms with Gasteiger partial charge in [-0.15, -0.1) is 0 Å². The van der Waals surface area contributed by atoms with Crippen LogP contribution in [0.25, 0.3) is 0 Å². The second-order valence-electron chi connectivity index (χ2n) is 6.83. The lowest BCUT2D eigenvalue weighted by Gasteiger charge is -2.31. The minimum absolute atomic E-state index is 0.0833. The zero-order valence-corrected chi connectivity index (χ0v) is 14.9. The first-order chi connectivity index (χ1) is 12.2. The molecule has 0 aliphatic carbocycles. The average Bonchev–Trinajstić information content (AvgIpc) is 3.06. The largest absolute Gasteiger partial charge is 0.355 e. The van der Waals surface area contributed by atoms with Crippen molar-refractivity contribution < 1.29 is 9.59 Å². The van der Waals surface area contributed by atoms with Gasteiger partial charge in [-0.25, -0.2) is 0 Å². The normalized spacial score (nSPS) is 18.6. The van der Waals surface area contributed by atoms with Gasteiger partial charge in [0.15, 0.2) is 5.69 Å². The second kappa shape index (κ2) is 8.44. The van der Waals surface area contributed by atoms with Crippen molar-refractivity contribution in [1.29, 1.82) is 0 Å². The number of nitrogens with zero attached hydrogens (tertiary/aromatic N) is 2. The van der Waals surface area contributed by atoms with Crippen LogP contribution in [0.1, 0.15) is 47.9 Å². The highest BCUT2D eigenvalue weighted by Crippen LogP contribution is 2.16. The zero-order chi connectivity index (χ0) is 17.6. The molecule has 1 saturated heterocycles. The van der Waals surface area contributed by atoms with E-state index in [1.165, 1.54) is 0 Å². The molecule has 138 valence electrons. The number of likely N-dealkylation sites (tertiary alicyclic amines) is 1. The van der Waals surface area contributed by atoms with E-state index in [-0.39, 0.29) is 17.9 Å². The van der Waals surface area contributed by atoms with Gasteiger partial charge >= 0.3 is 0 Å². The number of carbonyl (C=O) groups is 2. The SMILES string of the molecule is CCCNC(=O)CN1CCC(NC(=O)c2n[nH]c3c2CNCC3)CC1. The topological polar surface area (TPSA) is 102 Å². The van der Waals surface area contributed by atoms with Crippen molar-refractivity contribution in [3.63, 3.8) is 0 Å². The van der Waals surface area contributed by atoms with Crippen molar-refractivity contribution in [2.24, 2.45) is 0 Å². The van der Waals surface area contributed by atoms with Crippen LogP contribution in [0.5, 0.6) is 0 Å². The van der Waals surface area contributed by atoms with Gasteiger partial charge in [-0.3, -0.25) is 19.6 Å². The van der Waals surface area contributed by atoms with Gasteiger partial charge in [0.05, 0.1) is 6.54 Å². The van der Waals surface area contributed by atoms with E-state index >= 15 is 0 Å². The first kappa shape index (κ1) is 17.9. The third kappa shape index (κ3) is 4.58. The molecule has 0 unspecified atom stereocenters. The van der Waals surface area contributed by atoms with Gasteiger partial charge in [0.25, 0.3) is 5.91 Å². The Labute approximate surface area is 148 Å². The van der Waals surface area contributed by atoms with Crippen molar-refractivity contribution in [1.82, 2.24) is 31.0 Å². The molecule has 0 bridgehead atoms. The van der Waals surface area contributed by atoms with Crippen LogP contribution >= 0.6 is 0 Å². The Kier molecular flexibility index (Phi) is 6.04. The maximum absolute atomic E-state index is 12.5. The van der Waals surface area contributed by atoms with Crippen LogP contribution in [0.2, 0.25) is 0 Å². The fourth-order valence-electron chi connectivity index (χ4n) is 3.43. The molecular weight excluding hydrogens is 320 g/mol. The standard InChI is InChI=1S/C17H28N6O2/c1-2-6-19-15(24)11-23-8-4-12(5-9-23)20-17(25)16-13-10-18-7-3-14(13)21-22-16/h12,18H,2-11H2,1H3,(H,19,24)(H,20,25)(H,21,22). The number of rotatable bonds is 6. The van der Waals surface area contributed by atoms with E-state index in [9.17, 15) is 9.59 Å². The van der Waals surface area contributed by atoms with Crippen LogP contribution in [-0.4, -0.2) is 65.7 Å². The van der Waals surface area contributed by atoms with Crippen LogP contribution < -0.4 is 16.0 Å². The van der Waals surface area contributed by atoms with Crippen molar-refractivity contribution in [2.75, 3.05) is 32.7 Å². The molecule has 8 nitrogen and oxygen atoms in total. The summed E-state index contributed by atoms with van der Waals surface area (Å²) >= 11 is 0. The Balaban J connectivity index is 1.45. The second-order valence-corrected chi connectivity index (χ2v) is 6.83. The number of amides is 2. The molecule has 2 aliphatic rings. The van der Waals surface area contributed by atoms with E-state index in [1.807, 2.05) is 6.92 Å². The molecule has 1 aromatic heterocycles. The summed E-state index contributed by atoms with van der Waals surface area (Å²) < 4.78 is 0. The maximum atomic E-state index is 12.5. The zero-order valence-electron chi connectivity index (χ0n) is 14.9. The van der Waals surface area contributed by atoms with Gasteiger partial charge in [0, 0.05) is 56.4 Å². The summed E-state index contributed by atoms with van der Waals surface area (Å²) in [5.74, 6) is -0.0136. The summed E-state index contributed by atoms with van der Waals surface area (Å²) in [7, 11) is 0. The average molecular weight is 348 g/mol. The fraction of sp³-hybridized carbons (Fsp3) is 0.706. The summed E-state index contributed by atoms with van der Waals surface area (Å²) in [6.07, 6.45) is 3.55. The third-order valence-electron chi connectivity index (χ3n) is 4.88. The minimum atomic E-state index is -0.0969. The van der Waals surface area contributed by atoms with E-state index in [1.54, 1.807) is 0 Å². The molecule has 4 N–H and O–H groups in total. The first-order valence-corrected chi connectivity index (χ1v) is 9.24. The molecule has 8 heteroatoms. The van der Waals surface area contributed by atoms with Gasteiger partial charge in [-0.1, -0.05) is 6.92 Å². The van der Waals surface area contributed by atoms with Crippen molar-refractivity contribution in [3.8, 4) is 0 Å². The fourth-order valence-corrected chi connectivity index (χ4v) is 3.43. The third-order valence-corrected chi connectivity index (χ3v) is 4.88. The number of aromatic nitrogens is 2. The molecule has 1 fully saturated rings. The van der Waals surface area contributed by atoms with Gasteiger partial charge in [0.2, 0.25) is 5.91 Å². The maximum Gasteiger partial charge on any atom is 0.272 e. The Morgan fingerprint density at radius 1 is 1.32 bits per heavy atom. The van der Waals surface area contributed by atoms with E-state index < -0.39 is 0 Å². The number of hydrogen-bond donors (Lipinski definition) is 4. The van der Waals surface area contributed by atoms with Gasteiger partial charge in [-0.05, 0) is 19.3 Å². The summed E-state index contributed by atoms with van der Waals surface area (Å²) in [6, 6.07) is 0.145. The first-order valence-electron chi connectivity index (χ1n) is 9.24. The molecule has 0 radical (unpaired) electrons. The summed E-state index contributed by atoms with van der Waals surface area (Å²) in [5, 5.41) is 16.5. The molecule has 0 saturated carbocycles. The van der Waals surface area contributed by atoms with Gasteiger partial charge in [-0.2, -0.15) is 5.10 Å². The Hall–Kier alpha value is -1.93. The molecule has 3 heterocycles. The number of carbonyl (C=O) groups excluding carboxylic acids is 2. The van der Waals surface area contributed by atoms with Crippen molar-refractivity contribution in [3.05, 3.63) is 17.0 Å². The highest BCUT2D eigenvalue weighted by atomic mass is 16.2. The number of aromatic amines is 1. The summed E-state index contributed by atoms with van der Waals surface area (Å²) in [5.41, 5.74) is 2.58. The predicted octanol–water partition coefficient (Wildman–Crippen LogP) is -0.224. The van der Waals surface area contributed by atoms with Crippen molar-refractivity contribution >= 4 is 11.8 Å². The lowest BCUT2D eigenvalue weighted by Crippen LogP contribution is -2.47. The lowest BCUT2D eigenvalue weighted by molar-refractivity contribution is -0.122. The van der Waals surface area contributed by atoms with E-state index in [4.69, 9.17) is 0 Å². The van der Waals surface area contributed by atoms with E-state index in [0.717, 1.165) is 63.1 Å². The van der Waals surface area contributed by atoms with Crippen LogP contribution in [-0.2, 0) is 17.8 Å². The number of piperidine rings is 1. The smallest absolute Gasteiger partial charge is 0.272 e. The number of fused-ring (bicyclic) bond motifs is 1. The highest BCUT2D eigenvalue weighted by Gasteiger charge is 2.26. The number of nitrogens with one attached hydrogen (secondary N) is 4. The predicted molar refractivity (Wildman–Crippen MR) is 94.2 cm³/mol. The molecule has 2 aliphatic heterocycles. The molecule has 0 aromatic carbocycles. The van der Waals surface area contributed by atoms with Crippen LogP contribution in [0.3, 0.4) is 0 Å². The molecule has 3 rings (SSSR count). The quantitative estimate of drug-likeness (QED) is 0.569. The number of hydrogen-bond acceptors (Lipinski definition) is 5. The molecular formula is C17H28N6O2. The Bertz CT molecular complexity index is 606. The minimum Gasteiger partial charge on any atom is -0.355 e. The molecule has 25 heavy (non-hydrogen) atoms. The Morgan fingerprint density at radius 3 is 2.88 bits per heavy atom. The van der Waals surface area contributed by atoms with E-state index in [2.05, 4.69) is 31.0 Å². The summed E-state index contributed by atoms with van der Waals surface area (Å²) in [6.45, 7) is 6.48. The molecule has 0 atom stereocenters. The molecule has 2 amide bonds. The van der Waals surface area contributed by atoms with Crippen LogP contribution in [0.4, 0.5) is 0 Å². The van der Waals surface area contributed by atoms with Crippen LogP contribution in [0, 0.1) is 0 Å².